The van der Waals surface area contributed by atoms with Crippen LogP contribution in [-0.4, -0.2) is 49.0 Å². The zero-order chi connectivity index (χ0) is 16.8. The van der Waals surface area contributed by atoms with E-state index < -0.39 is 0 Å². The van der Waals surface area contributed by atoms with Crippen molar-refractivity contribution in [1.82, 2.24) is 9.80 Å². The lowest BCUT2D eigenvalue weighted by molar-refractivity contribution is -0.137. The van der Waals surface area contributed by atoms with Gasteiger partial charge in [-0.2, -0.15) is 0 Å². The van der Waals surface area contributed by atoms with Gasteiger partial charge in [-0.25, -0.2) is 0 Å². The van der Waals surface area contributed by atoms with E-state index in [2.05, 4.69) is 21.9 Å². The summed E-state index contributed by atoms with van der Waals surface area (Å²) in [5.41, 5.74) is 1.28. The molecule has 24 heavy (non-hydrogen) atoms. The molecule has 2 aliphatic heterocycles. The van der Waals surface area contributed by atoms with E-state index in [9.17, 15) is 4.79 Å². The predicted octanol–water partition coefficient (Wildman–Crippen LogP) is 3.31. The fraction of sp³-hybridized carbons (Fsp3) is 0.650. The topological polar surface area (TPSA) is 32.8 Å². The number of carbonyl (C=O) groups is 1. The minimum Gasteiger partial charge on any atom is -0.497 e. The van der Waals surface area contributed by atoms with Gasteiger partial charge in [0.1, 0.15) is 5.75 Å². The van der Waals surface area contributed by atoms with Gasteiger partial charge in [-0.1, -0.05) is 25.0 Å². The summed E-state index contributed by atoms with van der Waals surface area (Å²) in [6.07, 6.45) is 6.92. The van der Waals surface area contributed by atoms with Crippen LogP contribution in [0.1, 0.15) is 44.1 Å². The predicted molar refractivity (Wildman–Crippen MR) is 96.0 cm³/mol. The van der Waals surface area contributed by atoms with Crippen LogP contribution in [0.2, 0.25) is 0 Å². The van der Waals surface area contributed by atoms with Crippen LogP contribution in [0.4, 0.5) is 0 Å². The van der Waals surface area contributed by atoms with E-state index >= 15 is 0 Å². The molecule has 0 N–H and O–H groups in total. The summed E-state index contributed by atoms with van der Waals surface area (Å²) in [6.45, 7) is 4.93. The van der Waals surface area contributed by atoms with Crippen molar-refractivity contribution in [3.8, 4) is 5.75 Å². The first kappa shape index (κ1) is 17.3. The summed E-state index contributed by atoms with van der Waals surface area (Å²) < 4.78 is 5.30. The Morgan fingerprint density at radius 1 is 1.08 bits per heavy atom. The molecule has 0 aliphatic carbocycles. The molecule has 0 radical (unpaired) electrons. The Bertz CT molecular complexity index is 530. The van der Waals surface area contributed by atoms with Crippen molar-refractivity contribution in [1.29, 1.82) is 0 Å². The zero-order valence-electron chi connectivity index (χ0n) is 14.9. The second-order valence-electron chi connectivity index (χ2n) is 7.14. The largest absolute Gasteiger partial charge is 0.497 e. The van der Waals surface area contributed by atoms with Crippen LogP contribution >= 0.6 is 0 Å². The van der Waals surface area contributed by atoms with E-state index in [-0.39, 0.29) is 5.92 Å². The van der Waals surface area contributed by atoms with Crippen LogP contribution in [0.15, 0.2) is 24.3 Å². The van der Waals surface area contributed by atoms with Crippen molar-refractivity contribution >= 4 is 5.91 Å². The average molecular weight is 330 g/mol. The molecule has 0 spiro atoms. The van der Waals surface area contributed by atoms with Crippen molar-refractivity contribution in [2.75, 3.05) is 33.3 Å². The molecule has 132 valence electrons. The first-order valence-corrected chi connectivity index (χ1v) is 9.40. The van der Waals surface area contributed by atoms with Crippen LogP contribution < -0.4 is 4.74 Å². The number of piperidine rings is 1. The summed E-state index contributed by atoms with van der Waals surface area (Å²) in [7, 11) is 1.71. The molecule has 4 nitrogen and oxygen atoms in total. The average Bonchev–Trinajstić information content (AvgIpc) is 2.91. The van der Waals surface area contributed by atoms with Gasteiger partial charge in [0, 0.05) is 25.6 Å². The zero-order valence-corrected chi connectivity index (χ0v) is 14.9. The fourth-order valence-corrected chi connectivity index (χ4v) is 3.92. The van der Waals surface area contributed by atoms with E-state index in [0.29, 0.717) is 5.91 Å². The molecule has 0 saturated carbocycles. The van der Waals surface area contributed by atoms with Gasteiger partial charge in [0.05, 0.1) is 7.11 Å². The quantitative estimate of drug-likeness (QED) is 0.849. The van der Waals surface area contributed by atoms with Gasteiger partial charge in [0.2, 0.25) is 5.91 Å². The van der Waals surface area contributed by atoms with Crippen LogP contribution in [0.25, 0.3) is 0 Å². The molecule has 0 aromatic heterocycles. The van der Waals surface area contributed by atoms with Gasteiger partial charge in [-0.3, -0.25) is 9.69 Å². The summed E-state index contributed by atoms with van der Waals surface area (Å²) in [4.78, 5) is 17.3. The van der Waals surface area contributed by atoms with Gasteiger partial charge in [-0.05, 0) is 56.5 Å². The number of rotatable bonds is 4. The number of benzene rings is 1. The van der Waals surface area contributed by atoms with Gasteiger partial charge < -0.3 is 9.64 Å². The second-order valence-corrected chi connectivity index (χ2v) is 7.14. The number of hydrogen-bond acceptors (Lipinski definition) is 3. The standard InChI is InChI=1S/C20H30N2O2/c1-24-19-8-6-7-17(15-19)16-21-13-9-18(10-14-21)20(23)22-11-4-2-3-5-12-22/h6-8,15,18H,2-5,9-14,16H2,1H3. The smallest absolute Gasteiger partial charge is 0.225 e. The highest BCUT2D eigenvalue weighted by atomic mass is 16.5. The molecule has 2 heterocycles. The number of carbonyl (C=O) groups excluding carboxylic acids is 1. The second kappa shape index (κ2) is 8.52. The van der Waals surface area contributed by atoms with Crippen LogP contribution in [0, 0.1) is 5.92 Å². The SMILES string of the molecule is COc1cccc(CN2CCC(C(=O)N3CCCCCC3)CC2)c1. The van der Waals surface area contributed by atoms with Crippen LogP contribution in [0.5, 0.6) is 5.75 Å². The Hall–Kier alpha value is -1.55. The van der Waals surface area contributed by atoms with E-state index in [1.165, 1.54) is 31.2 Å². The van der Waals surface area contributed by atoms with Crippen molar-refractivity contribution in [2.45, 2.75) is 45.1 Å². The lowest BCUT2D eigenvalue weighted by atomic mass is 9.94. The van der Waals surface area contributed by atoms with Crippen molar-refractivity contribution in [2.24, 2.45) is 5.92 Å². The molecular formula is C20H30N2O2. The molecule has 1 aromatic carbocycles. The highest BCUT2D eigenvalue weighted by Gasteiger charge is 2.28. The third-order valence-electron chi connectivity index (χ3n) is 5.39. The molecular weight excluding hydrogens is 300 g/mol. The van der Waals surface area contributed by atoms with E-state index in [0.717, 1.165) is 51.3 Å². The molecule has 0 atom stereocenters. The number of nitrogens with zero attached hydrogens (tertiary/aromatic N) is 2. The van der Waals surface area contributed by atoms with Gasteiger partial charge in [0.25, 0.3) is 0 Å². The lowest BCUT2D eigenvalue weighted by Gasteiger charge is -2.34. The number of amides is 1. The summed E-state index contributed by atoms with van der Waals surface area (Å²) in [6, 6.07) is 8.28. The monoisotopic (exact) mass is 330 g/mol. The third kappa shape index (κ3) is 4.50. The Morgan fingerprint density at radius 2 is 1.79 bits per heavy atom. The van der Waals surface area contributed by atoms with Gasteiger partial charge in [-0.15, -0.1) is 0 Å². The summed E-state index contributed by atoms with van der Waals surface area (Å²) in [5, 5.41) is 0. The molecule has 4 heteroatoms. The Kier molecular flexibility index (Phi) is 6.13. The Labute approximate surface area is 145 Å². The van der Waals surface area contributed by atoms with Crippen molar-refractivity contribution in [3.05, 3.63) is 29.8 Å². The molecule has 1 aromatic rings. The first-order chi connectivity index (χ1) is 11.8. The van der Waals surface area contributed by atoms with Crippen LogP contribution in [-0.2, 0) is 11.3 Å². The number of ether oxygens (including phenoxy) is 1. The Morgan fingerprint density at radius 3 is 2.46 bits per heavy atom. The maximum Gasteiger partial charge on any atom is 0.225 e. The van der Waals surface area contributed by atoms with Gasteiger partial charge in [0.15, 0.2) is 0 Å². The minimum atomic E-state index is 0.240. The third-order valence-corrected chi connectivity index (χ3v) is 5.39. The van der Waals surface area contributed by atoms with E-state index in [1.807, 2.05) is 12.1 Å². The number of hydrogen-bond donors (Lipinski definition) is 0. The number of likely N-dealkylation sites (tertiary alicyclic amines) is 2. The van der Waals surface area contributed by atoms with E-state index in [4.69, 9.17) is 4.74 Å². The molecule has 3 rings (SSSR count). The van der Waals surface area contributed by atoms with Crippen LogP contribution in [0.3, 0.4) is 0 Å². The summed E-state index contributed by atoms with van der Waals surface area (Å²) >= 11 is 0. The Balaban J connectivity index is 1.49. The van der Waals surface area contributed by atoms with E-state index in [1.54, 1.807) is 7.11 Å². The molecule has 2 fully saturated rings. The maximum absolute atomic E-state index is 12.7. The normalized spacial score (nSPS) is 20.6. The molecule has 2 aliphatic rings. The highest BCUT2D eigenvalue weighted by molar-refractivity contribution is 5.79. The molecule has 1 amide bonds. The first-order valence-electron chi connectivity index (χ1n) is 9.40. The van der Waals surface area contributed by atoms with Crippen molar-refractivity contribution in [3.63, 3.8) is 0 Å². The lowest BCUT2D eigenvalue weighted by Crippen LogP contribution is -2.42. The number of methoxy groups -OCH3 is 1. The summed E-state index contributed by atoms with van der Waals surface area (Å²) in [5.74, 6) is 1.57. The molecule has 0 bridgehead atoms. The van der Waals surface area contributed by atoms with Crippen molar-refractivity contribution < 1.29 is 9.53 Å². The van der Waals surface area contributed by atoms with Gasteiger partial charge >= 0.3 is 0 Å². The minimum absolute atomic E-state index is 0.240. The highest BCUT2D eigenvalue weighted by Crippen LogP contribution is 2.23. The molecule has 2 saturated heterocycles. The molecule has 0 unspecified atom stereocenters. The maximum atomic E-state index is 12.7. The fourth-order valence-electron chi connectivity index (χ4n) is 3.92.